The molecule has 2 unspecified atom stereocenters. The number of amides is 2. The summed E-state index contributed by atoms with van der Waals surface area (Å²) in [5.74, 6) is -0.991. The molecule has 0 spiro atoms. The van der Waals surface area contributed by atoms with Gasteiger partial charge in [0.25, 0.3) is 0 Å². The highest BCUT2D eigenvalue weighted by Gasteiger charge is 2.25. The Bertz CT molecular complexity index is 811. The van der Waals surface area contributed by atoms with Gasteiger partial charge in [0.1, 0.15) is 25.3 Å². The van der Waals surface area contributed by atoms with Gasteiger partial charge in [0.15, 0.2) is 0 Å². The molecule has 0 saturated carbocycles. The minimum Gasteiger partial charge on any atom is -0.459 e. The van der Waals surface area contributed by atoms with Crippen LogP contribution in [0.3, 0.4) is 0 Å². The second kappa shape index (κ2) is 12.3. The summed E-state index contributed by atoms with van der Waals surface area (Å²) in [5.41, 5.74) is 1.71. The van der Waals surface area contributed by atoms with E-state index in [-0.39, 0.29) is 13.2 Å². The number of ether oxygens (including phenoxy) is 2. The van der Waals surface area contributed by atoms with Crippen molar-refractivity contribution in [1.82, 2.24) is 10.6 Å². The number of nitrogens with one attached hydrogen (secondary N) is 2. The van der Waals surface area contributed by atoms with Crippen molar-refractivity contribution < 1.29 is 23.9 Å². The maximum atomic E-state index is 12.4. The largest absolute Gasteiger partial charge is 0.459 e. The van der Waals surface area contributed by atoms with Crippen LogP contribution in [0.2, 0.25) is 0 Å². The molecule has 2 aromatic rings. The predicted molar refractivity (Wildman–Crippen MR) is 112 cm³/mol. The standard InChI is InChI=1S/C23H28N2O5/c1-3-10-20(22(27)29-15-18-11-6-4-7-12-18)25-21(26)17(2)24-23(28)30-16-19-13-8-5-9-14-19/h4-9,11-14,17,20H,3,10,15-16H2,1-2H3,(H,24,28)(H,25,26). The van der Waals surface area contributed by atoms with Crippen LogP contribution in [0.25, 0.3) is 0 Å². The first-order valence-corrected chi connectivity index (χ1v) is 9.97. The van der Waals surface area contributed by atoms with E-state index in [4.69, 9.17) is 9.47 Å². The molecule has 0 bridgehead atoms. The molecule has 7 heteroatoms. The Morgan fingerprint density at radius 1 is 0.833 bits per heavy atom. The van der Waals surface area contributed by atoms with Crippen LogP contribution in [-0.4, -0.2) is 30.1 Å². The molecule has 0 radical (unpaired) electrons. The quantitative estimate of drug-likeness (QED) is 0.584. The van der Waals surface area contributed by atoms with Gasteiger partial charge in [-0.1, -0.05) is 74.0 Å². The maximum absolute atomic E-state index is 12.4. The van der Waals surface area contributed by atoms with E-state index in [1.807, 2.05) is 67.6 Å². The summed E-state index contributed by atoms with van der Waals surface area (Å²) in [6, 6.07) is 16.9. The van der Waals surface area contributed by atoms with Crippen molar-refractivity contribution in [3.63, 3.8) is 0 Å². The smallest absolute Gasteiger partial charge is 0.408 e. The van der Waals surface area contributed by atoms with E-state index >= 15 is 0 Å². The molecular weight excluding hydrogens is 384 g/mol. The third kappa shape index (κ3) is 7.95. The lowest BCUT2D eigenvalue weighted by Gasteiger charge is -2.20. The second-order valence-corrected chi connectivity index (χ2v) is 6.87. The van der Waals surface area contributed by atoms with Gasteiger partial charge in [0.2, 0.25) is 5.91 Å². The number of hydrogen-bond donors (Lipinski definition) is 2. The van der Waals surface area contributed by atoms with Crippen molar-refractivity contribution in [2.24, 2.45) is 0 Å². The first-order chi connectivity index (χ1) is 14.5. The predicted octanol–water partition coefficient (Wildman–Crippen LogP) is 3.33. The Balaban J connectivity index is 1.80. The zero-order valence-electron chi connectivity index (χ0n) is 17.3. The van der Waals surface area contributed by atoms with Gasteiger partial charge in [-0.15, -0.1) is 0 Å². The summed E-state index contributed by atoms with van der Waals surface area (Å²) < 4.78 is 10.4. The molecule has 2 N–H and O–H groups in total. The molecule has 160 valence electrons. The Labute approximate surface area is 176 Å². The van der Waals surface area contributed by atoms with Crippen molar-refractivity contribution in [1.29, 1.82) is 0 Å². The molecule has 0 aliphatic heterocycles. The fourth-order valence-electron chi connectivity index (χ4n) is 2.67. The average Bonchev–Trinajstić information content (AvgIpc) is 2.77. The van der Waals surface area contributed by atoms with E-state index in [9.17, 15) is 14.4 Å². The van der Waals surface area contributed by atoms with Gasteiger partial charge in [0.05, 0.1) is 0 Å². The molecule has 2 atom stereocenters. The number of esters is 1. The molecule has 2 rings (SSSR count). The van der Waals surface area contributed by atoms with Crippen molar-refractivity contribution in [2.75, 3.05) is 0 Å². The molecule has 2 amide bonds. The molecule has 0 aromatic heterocycles. The van der Waals surface area contributed by atoms with E-state index in [2.05, 4.69) is 10.6 Å². The van der Waals surface area contributed by atoms with Gasteiger partial charge < -0.3 is 20.1 Å². The summed E-state index contributed by atoms with van der Waals surface area (Å²) in [7, 11) is 0. The number of alkyl carbamates (subject to hydrolysis) is 1. The Hall–Kier alpha value is -3.35. The molecular formula is C23H28N2O5. The fourth-order valence-corrected chi connectivity index (χ4v) is 2.67. The average molecular weight is 412 g/mol. The number of hydrogen-bond acceptors (Lipinski definition) is 5. The Kier molecular flexibility index (Phi) is 9.37. The Morgan fingerprint density at radius 2 is 1.37 bits per heavy atom. The lowest BCUT2D eigenvalue weighted by atomic mass is 10.1. The van der Waals surface area contributed by atoms with Gasteiger partial charge in [-0.2, -0.15) is 0 Å². The number of benzene rings is 2. The van der Waals surface area contributed by atoms with E-state index in [0.717, 1.165) is 11.1 Å². The van der Waals surface area contributed by atoms with Gasteiger partial charge in [-0.05, 0) is 24.5 Å². The summed E-state index contributed by atoms with van der Waals surface area (Å²) in [4.78, 5) is 36.8. The molecule has 0 saturated heterocycles. The molecule has 7 nitrogen and oxygen atoms in total. The van der Waals surface area contributed by atoms with E-state index in [1.54, 1.807) is 0 Å². The van der Waals surface area contributed by atoms with E-state index in [1.165, 1.54) is 6.92 Å². The zero-order valence-corrected chi connectivity index (χ0v) is 17.3. The lowest BCUT2D eigenvalue weighted by Crippen LogP contribution is -2.50. The maximum Gasteiger partial charge on any atom is 0.408 e. The minimum atomic E-state index is -0.866. The monoisotopic (exact) mass is 412 g/mol. The Morgan fingerprint density at radius 3 is 1.90 bits per heavy atom. The fraction of sp³-hybridized carbons (Fsp3) is 0.348. The first kappa shape index (κ1) is 22.9. The van der Waals surface area contributed by atoms with Gasteiger partial charge in [-0.25, -0.2) is 9.59 Å². The van der Waals surface area contributed by atoms with Crippen LogP contribution >= 0.6 is 0 Å². The minimum absolute atomic E-state index is 0.102. The SMILES string of the molecule is CCCC(NC(=O)C(C)NC(=O)OCc1ccccc1)C(=O)OCc1ccccc1. The van der Waals surface area contributed by atoms with Gasteiger partial charge in [0, 0.05) is 0 Å². The van der Waals surface area contributed by atoms with Crippen LogP contribution in [0.15, 0.2) is 60.7 Å². The third-order valence-electron chi connectivity index (χ3n) is 4.34. The molecule has 2 aromatic carbocycles. The van der Waals surface area contributed by atoms with Gasteiger partial charge in [-0.3, -0.25) is 4.79 Å². The lowest BCUT2D eigenvalue weighted by molar-refractivity contribution is -0.149. The highest BCUT2D eigenvalue weighted by molar-refractivity contribution is 5.89. The van der Waals surface area contributed by atoms with E-state index in [0.29, 0.717) is 12.8 Å². The van der Waals surface area contributed by atoms with Crippen LogP contribution in [0.4, 0.5) is 4.79 Å². The van der Waals surface area contributed by atoms with Crippen LogP contribution in [0.5, 0.6) is 0 Å². The van der Waals surface area contributed by atoms with E-state index < -0.39 is 30.1 Å². The van der Waals surface area contributed by atoms with Crippen LogP contribution in [0, 0.1) is 0 Å². The number of rotatable bonds is 10. The van der Waals surface area contributed by atoms with Crippen LogP contribution < -0.4 is 10.6 Å². The third-order valence-corrected chi connectivity index (χ3v) is 4.34. The first-order valence-electron chi connectivity index (χ1n) is 9.97. The molecule has 0 aliphatic carbocycles. The zero-order chi connectivity index (χ0) is 21.8. The molecule has 30 heavy (non-hydrogen) atoms. The normalized spacial score (nSPS) is 12.3. The summed E-state index contributed by atoms with van der Waals surface area (Å²) in [6.45, 7) is 3.67. The van der Waals surface area contributed by atoms with Crippen molar-refractivity contribution in [3.8, 4) is 0 Å². The van der Waals surface area contributed by atoms with Crippen LogP contribution in [-0.2, 0) is 32.3 Å². The van der Waals surface area contributed by atoms with Crippen molar-refractivity contribution in [2.45, 2.75) is 52.0 Å². The number of carbonyl (C=O) groups excluding carboxylic acids is 3. The molecule has 0 fully saturated rings. The summed E-state index contributed by atoms with van der Waals surface area (Å²) in [5, 5.41) is 5.12. The van der Waals surface area contributed by atoms with Gasteiger partial charge >= 0.3 is 12.1 Å². The topological polar surface area (TPSA) is 93.7 Å². The summed E-state index contributed by atoms with van der Waals surface area (Å²) >= 11 is 0. The highest BCUT2D eigenvalue weighted by Crippen LogP contribution is 2.06. The molecule has 0 heterocycles. The van der Waals surface area contributed by atoms with Crippen molar-refractivity contribution >= 4 is 18.0 Å². The van der Waals surface area contributed by atoms with Crippen LogP contribution in [0.1, 0.15) is 37.8 Å². The molecule has 0 aliphatic rings. The number of carbonyl (C=O) groups is 3. The van der Waals surface area contributed by atoms with Crippen molar-refractivity contribution in [3.05, 3.63) is 71.8 Å². The summed E-state index contributed by atoms with van der Waals surface area (Å²) in [6.07, 6.45) is 0.414. The highest BCUT2D eigenvalue weighted by atomic mass is 16.5. The second-order valence-electron chi connectivity index (χ2n) is 6.87.